The number of carbonyl (C=O) groups is 1. The number of thiophene rings is 1. The van der Waals surface area contributed by atoms with Crippen LogP contribution in [-0.2, 0) is 24.1 Å². The molecular weight excluding hydrogens is 312 g/mol. The first kappa shape index (κ1) is 16.2. The summed E-state index contributed by atoms with van der Waals surface area (Å²) in [5, 5.41) is 0.727. The monoisotopic (exact) mass is 334 g/mol. The molecule has 0 amide bonds. The molecule has 3 rings (SSSR count). The van der Waals surface area contributed by atoms with Gasteiger partial charge >= 0.3 is 5.97 Å². The highest BCUT2D eigenvalue weighted by molar-refractivity contribution is 7.18. The van der Waals surface area contributed by atoms with Crippen LogP contribution in [0.15, 0.2) is 4.79 Å². The number of hydrogen-bond acceptors (Lipinski definition) is 5. The van der Waals surface area contributed by atoms with Gasteiger partial charge in [0.15, 0.2) is 0 Å². The third-order valence-electron chi connectivity index (χ3n) is 4.14. The first-order valence-electron chi connectivity index (χ1n) is 8.39. The van der Waals surface area contributed by atoms with Crippen molar-refractivity contribution >= 4 is 27.5 Å². The Morgan fingerprint density at radius 3 is 2.78 bits per heavy atom. The Labute approximate surface area is 139 Å². The lowest BCUT2D eigenvalue weighted by Gasteiger charge is -2.12. The average molecular weight is 334 g/mol. The molecule has 124 valence electrons. The molecule has 23 heavy (non-hydrogen) atoms. The van der Waals surface area contributed by atoms with Crippen molar-refractivity contribution < 1.29 is 9.53 Å². The molecule has 0 aliphatic heterocycles. The quantitative estimate of drug-likeness (QED) is 0.787. The molecule has 0 aromatic carbocycles. The maximum Gasteiger partial charge on any atom is 0.374 e. The molecule has 5 nitrogen and oxygen atoms in total. The van der Waals surface area contributed by atoms with E-state index in [1.165, 1.54) is 9.44 Å². The van der Waals surface area contributed by atoms with Gasteiger partial charge in [0.2, 0.25) is 5.82 Å². The van der Waals surface area contributed by atoms with Gasteiger partial charge < -0.3 is 4.74 Å². The number of esters is 1. The smallest absolute Gasteiger partial charge is 0.374 e. The summed E-state index contributed by atoms with van der Waals surface area (Å²) in [6.45, 7) is 4.76. The Balaban J connectivity index is 2.18. The van der Waals surface area contributed by atoms with Gasteiger partial charge in [-0.05, 0) is 44.1 Å². The maximum absolute atomic E-state index is 13.0. The van der Waals surface area contributed by atoms with Crippen LogP contribution < -0.4 is 5.56 Å². The van der Waals surface area contributed by atoms with E-state index in [4.69, 9.17) is 4.74 Å². The number of fused-ring (bicyclic) bond motifs is 3. The molecule has 1 aliphatic carbocycles. The minimum absolute atomic E-state index is 0.0836. The lowest BCUT2D eigenvalue weighted by Crippen LogP contribution is -2.29. The predicted octanol–water partition coefficient (Wildman–Crippen LogP) is 3.31. The molecule has 0 saturated heterocycles. The minimum Gasteiger partial charge on any atom is -0.460 e. The van der Waals surface area contributed by atoms with E-state index in [0.29, 0.717) is 18.0 Å². The maximum atomic E-state index is 13.0. The van der Waals surface area contributed by atoms with Crippen LogP contribution in [0.5, 0.6) is 0 Å². The summed E-state index contributed by atoms with van der Waals surface area (Å²) in [7, 11) is 0. The van der Waals surface area contributed by atoms with Crippen molar-refractivity contribution in [1.82, 2.24) is 9.55 Å². The van der Waals surface area contributed by atoms with E-state index in [0.717, 1.165) is 49.5 Å². The molecule has 1 aliphatic rings. The molecule has 2 heterocycles. The van der Waals surface area contributed by atoms with E-state index in [2.05, 4.69) is 4.98 Å². The van der Waals surface area contributed by atoms with Gasteiger partial charge in [-0.3, -0.25) is 9.36 Å². The Morgan fingerprint density at radius 1 is 1.26 bits per heavy atom. The first-order chi connectivity index (χ1) is 11.2. The molecule has 0 atom stereocenters. The third-order valence-corrected chi connectivity index (χ3v) is 5.33. The molecule has 0 fully saturated rings. The number of carbonyl (C=O) groups excluding carboxylic acids is 1. The Kier molecular flexibility index (Phi) is 4.80. The fourth-order valence-corrected chi connectivity index (χ4v) is 4.34. The van der Waals surface area contributed by atoms with Gasteiger partial charge in [0.25, 0.3) is 5.56 Å². The van der Waals surface area contributed by atoms with Gasteiger partial charge in [-0.25, -0.2) is 9.78 Å². The molecule has 0 bridgehead atoms. The van der Waals surface area contributed by atoms with Crippen LogP contribution in [0.3, 0.4) is 0 Å². The van der Waals surface area contributed by atoms with Gasteiger partial charge in [-0.15, -0.1) is 11.3 Å². The zero-order valence-electron chi connectivity index (χ0n) is 13.7. The van der Waals surface area contributed by atoms with Crippen molar-refractivity contribution in [3.05, 3.63) is 26.6 Å². The normalized spacial score (nSPS) is 14.0. The number of rotatable bonds is 5. The SMILES string of the molecule is CCCOC(=O)c1nc2sc3c(c2c(=O)n1CCC)CCCC3. The second-order valence-corrected chi connectivity index (χ2v) is 7.00. The summed E-state index contributed by atoms with van der Waals surface area (Å²) in [5.74, 6) is -0.345. The van der Waals surface area contributed by atoms with Crippen molar-refractivity contribution in [3.63, 3.8) is 0 Å². The highest BCUT2D eigenvalue weighted by Crippen LogP contribution is 2.33. The van der Waals surface area contributed by atoms with E-state index < -0.39 is 5.97 Å². The van der Waals surface area contributed by atoms with E-state index in [1.807, 2.05) is 13.8 Å². The van der Waals surface area contributed by atoms with Crippen LogP contribution in [0.1, 0.15) is 60.6 Å². The molecule has 2 aromatic heterocycles. The van der Waals surface area contributed by atoms with Crippen LogP contribution in [0.25, 0.3) is 10.2 Å². The standard InChI is InChI=1S/C17H22N2O3S/c1-3-9-19-14(17(21)22-10-4-2)18-15-13(16(19)20)11-7-5-6-8-12(11)23-15/h3-10H2,1-2H3. The van der Waals surface area contributed by atoms with Crippen molar-refractivity contribution in [2.24, 2.45) is 0 Å². The second kappa shape index (κ2) is 6.83. The number of ether oxygens (including phenoxy) is 1. The van der Waals surface area contributed by atoms with Gasteiger partial charge in [0.05, 0.1) is 12.0 Å². The molecule has 6 heteroatoms. The van der Waals surface area contributed by atoms with Gasteiger partial charge in [0, 0.05) is 11.4 Å². The Bertz CT molecular complexity index is 791. The molecule has 0 spiro atoms. The number of hydrogen-bond donors (Lipinski definition) is 0. The summed E-state index contributed by atoms with van der Waals surface area (Å²) in [6, 6.07) is 0. The number of aromatic nitrogens is 2. The lowest BCUT2D eigenvalue weighted by atomic mass is 9.97. The fourth-order valence-electron chi connectivity index (χ4n) is 3.08. The topological polar surface area (TPSA) is 61.2 Å². The van der Waals surface area contributed by atoms with Gasteiger partial charge in [-0.1, -0.05) is 13.8 Å². The molecule has 0 unspecified atom stereocenters. The van der Waals surface area contributed by atoms with Crippen molar-refractivity contribution in [2.45, 2.75) is 58.9 Å². The Morgan fingerprint density at radius 2 is 2.04 bits per heavy atom. The Hall–Kier alpha value is -1.69. The number of aryl methyl sites for hydroxylation is 2. The predicted molar refractivity (Wildman–Crippen MR) is 91.4 cm³/mol. The summed E-state index contributed by atoms with van der Waals surface area (Å²) in [4.78, 5) is 31.7. The molecule has 0 saturated carbocycles. The fraction of sp³-hybridized carbons (Fsp3) is 0.588. The summed E-state index contributed by atoms with van der Waals surface area (Å²) in [5.41, 5.74) is 1.08. The van der Waals surface area contributed by atoms with E-state index in [1.54, 1.807) is 11.3 Å². The summed E-state index contributed by atoms with van der Waals surface area (Å²) < 4.78 is 6.72. The van der Waals surface area contributed by atoms with Crippen LogP contribution in [0.4, 0.5) is 0 Å². The lowest BCUT2D eigenvalue weighted by molar-refractivity contribution is 0.0483. The molecular formula is C17H22N2O3S. The average Bonchev–Trinajstić information content (AvgIpc) is 2.93. The highest BCUT2D eigenvalue weighted by Gasteiger charge is 2.24. The van der Waals surface area contributed by atoms with Gasteiger partial charge in [0.1, 0.15) is 4.83 Å². The second-order valence-electron chi connectivity index (χ2n) is 5.92. The van der Waals surface area contributed by atoms with Crippen molar-refractivity contribution in [2.75, 3.05) is 6.61 Å². The van der Waals surface area contributed by atoms with Gasteiger partial charge in [-0.2, -0.15) is 0 Å². The zero-order valence-corrected chi connectivity index (χ0v) is 14.5. The van der Waals surface area contributed by atoms with Crippen LogP contribution >= 0.6 is 11.3 Å². The van der Waals surface area contributed by atoms with Crippen LogP contribution in [-0.4, -0.2) is 22.1 Å². The van der Waals surface area contributed by atoms with Crippen molar-refractivity contribution in [3.8, 4) is 0 Å². The van der Waals surface area contributed by atoms with E-state index >= 15 is 0 Å². The summed E-state index contributed by atoms with van der Waals surface area (Å²) in [6.07, 6.45) is 5.75. The van der Waals surface area contributed by atoms with E-state index in [9.17, 15) is 9.59 Å². The van der Waals surface area contributed by atoms with E-state index in [-0.39, 0.29) is 11.4 Å². The molecule has 0 radical (unpaired) electrons. The molecule has 2 aromatic rings. The zero-order chi connectivity index (χ0) is 16.4. The minimum atomic E-state index is -0.495. The summed E-state index contributed by atoms with van der Waals surface area (Å²) >= 11 is 1.56. The third kappa shape index (κ3) is 2.92. The molecule has 0 N–H and O–H groups in total. The first-order valence-corrected chi connectivity index (χ1v) is 9.21. The van der Waals surface area contributed by atoms with Crippen LogP contribution in [0.2, 0.25) is 0 Å². The van der Waals surface area contributed by atoms with Crippen molar-refractivity contribution in [1.29, 1.82) is 0 Å². The van der Waals surface area contributed by atoms with Crippen LogP contribution in [0, 0.1) is 0 Å². The number of nitrogens with zero attached hydrogens (tertiary/aromatic N) is 2. The highest BCUT2D eigenvalue weighted by atomic mass is 32.1. The largest absolute Gasteiger partial charge is 0.460 e.